The molecule has 0 bridgehead atoms. The van der Waals surface area contributed by atoms with Gasteiger partial charge in [0.25, 0.3) is 0 Å². The standard InChI is InChI=1S/C17H19N5O2S/c1-3-22-16(14-7-5-9-24-14)20-21-17(22)25-11-15(23)19-12(2)13-6-4-8-18-10-13/h4-10,12H,3,11H2,1-2H3,(H,19,23). The van der Waals surface area contributed by atoms with Crippen molar-refractivity contribution in [2.45, 2.75) is 31.6 Å². The number of hydrogen-bond acceptors (Lipinski definition) is 6. The van der Waals surface area contributed by atoms with Crippen molar-refractivity contribution in [1.29, 1.82) is 0 Å². The summed E-state index contributed by atoms with van der Waals surface area (Å²) in [4.78, 5) is 16.3. The Kier molecular flexibility index (Phi) is 5.49. The first kappa shape index (κ1) is 17.2. The smallest absolute Gasteiger partial charge is 0.230 e. The van der Waals surface area contributed by atoms with E-state index in [-0.39, 0.29) is 17.7 Å². The number of nitrogens with zero attached hydrogens (tertiary/aromatic N) is 4. The zero-order valence-corrected chi connectivity index (χ0v) is 14.9. The average molecular weight is 357 g/mol. The number of amides is 1. The van der Waals surface area contributed by atoms with Crippen LogP contribution in [0.5, 0.6) is 0 Å². The molecule has 0 saturated heterocycles. The fourth-order valence-electron chi connectivity index (χ4n) is 2.40. The second kappa shape index (κ2) is 7.98. The van der Waals surface area contributed by atoms with Crippen molar-refractivity contribution in [3.8, 4) is 11.6 Å². The minimum Gasteiger partial charge on any atom is -0.461 e. The molecule has 0 spiro atoms. The number of rotatable bonds is 7. The zero-order valence-electron chi connectivity index (χ0n) is 14.0. The first-order chi connectivity index (χ1) is 12.2. The van der Waals surface area contributed by atoms with Gasteiger partial charge >= 0.3 is 0 Å². The third-order valence-electron chi connectivity index (χ3n) is 3.67. The van der Waals surface area contributed by atoms with E-state index in [2.05, 4.69) is 20.5 Å². The highest BCUT2D eigenvalue weighted by molar-refractivity contribution is 7.99. The summed E-state index contributed by atoms with van der Waals surface area (Å²) >= 11 is 1.36. The van der Waals surface area contributed by atoms with Crippen LogP contribution >= 0.6 is 11.8 Å². The predicted octanol–water partition coefficient (Wildman–Crippen LogP) is 2.92. The fraction of sp³-hybridized carbons (Fsp3) is 0.294. The third kappa shape index (κ3) is 4.08. The number of carbonyl (C=O) groups excluding carboxylic acids is 1. The molecule has 0 aliphatic heterocycles. The molecular formula is C17H19N5O2S. The van der Waals surface area contributed by atoms with Crippen molar-refractivity contribution < 1.29 is 9.21 Å². The Labute approximate surface area is 149 Å². The SMILES string of the molecule is CCn1c(SCC(=O)NC(C)c2cccnc2)nnc1-c1ccco1. The van der Waals surface area contributed by atoms with Crippen LogP contribution in [0.2, 0.25) is 0 Å². The van der Waals surface area contributed by atoms with Crippen LogP contribution in [0.15, 0.2) is 52.5 Å². The van der Waals surface area contributed by atoms with E-state index in [1.807, 2.05) is 42.7 Å². The van der Waals surface area contributed by atoms with Crippen LogP contribution in [0, 0.1) is 0 Å². The van der Waals surface area contributed by atoms with E-state index >= 15 is 0 Å². The molecule has 0 aromatic carbocycles. The maximum Gasteiger partial charge on any atom is 0.230 e. The van der Waals surface area contributed by atoms with Crippen LogP contribution in [0.25, 0.3) is 11.6 Å². The lowest BCUT2D eigenvalue weighted by atomic mass is 10.1. The van der Waals surface area contributed by atoms with Gasteiger partial charge in [-0.2, -0.15) is 0 Å². The Bertz CT molecular complexity index is 817. The topological polar surface area (TPSA) is 85.8 Å². The van der Waals surface area contributed by atoms with E-state index in [0.29, 0.717) is 23.3 Å². The second-order valence-electron chi connectivity index (χ2n) is 5.39. The van der Waals surface area contributed by atoms with Crippen LogP contribution in [-0.4, -0.2) is 31.4 Å². The summed E-state index contributed by atoms with van der Waals surface area (Å²) in [5.41, 5.74) is 0.970. The number of hydrogen-bond donors (Lipinski definition) is 1. The molecule has 3 aromatic rings. The fourth-order valence-corrected chi connectivity index (χ4v) is 3.21. The molecular weight excluding hydrogens is 338 g/mol. The minimum absolute atomic E-state index is 0.0634. The summed E-state index contributed by atoms with van der Waals surface area (Å²) < 4.78 is 7.32. The number of furan rings is 1. The van der Waals surface area contributed by atoms with Gasteiger partial charge in [0.05, 0.1) is 18.1 Å². The lowest BCUT2D eigenvalue weighted by Gasteiger charge is -2.13. The van der Waals surface area contributed by atoms with Gasteiger partial charge in [-0.15, -0.1) is 10.2 Å². The van der Waals surface area contributed by atoms with Crippen LogP contribution < -0.4 is 5.32 Å². The molecule has 1 unspecified atom stereocenters. The summed E-state index contributed by atoms with van der Waals surface area (Å²) in [6, 6.07) is 7.35. The molecule has 0 saturated carbocycles. The van der Waals surface area contributed by atoms with Gasteiger partial charge in [0.1, 0.15) is 0 Å². The molecule has 0 fully saturated rings. The quantitative estimate of drug-likeness (QED) is 0.654. The number of aromatic nitrogens is 4. The summed E-state index contributed by atoms with van der Waals surface area (Å²) in [5, 5.41) is 12.0. The number of thioether (sulfide) groups is 1. The van der Waals surface area contributed by atoms with Crippen LogP contribution in [-0.2, 0) is 11.3 Å². The number of nitrogens with one attached hydrogen (secondary N) is 1. The van der Waals surface area contributed by atoms with Crippen molar-refractivity contribution >= 4 is 17.7 Å². The Morgan fingerprint density at radius 2 is 2.24 bits per heavy atom. The van der Waals surface area contributed by atoms with Crippen molar-refractivity contribution in [1.82, 2.24) is 25.1 Å². The molecule has 1 N–H and O–H groups in total. The van der Waals surface area contributed by atoms with E-state index in [1.165, 1.54) is 11.8 Å². The molecule has 3 aromatic heterocycles. The highest BCUT2D eigenvalue weighted by atomic mass is 32.2. The van der Waals surface area contributed by atoms with E-state index in [9.17, 15) is 4.79 Å². The Hall–Kier alpha value is -2.61. The van der Waals surface area contributed by atoms with Crippen LogP contribution in [0.3, 0.4) is 0 Å². The first-order valence-electron chi connectivity index (χ1n) is 7.98. The summed E-state index contributed by atoms with van der Waals surface area (Å²) in [7, 11) is 0. The average Bonchev–Trinajstić information content (AvgIpc) is 3.29. The van der Waals surface area contributed by atoms with Gasteiger partial charge in [0.15, 0.2) is 16.7 Å². The molecule has 1 amide bonds. The van der Waals surface area contributed by atoms with Gasteiger partial charge in [-0.3, -0.25) is 14.3 Å². The van der Waals surface area contributed by atoms with Gasteiger partial charge in [-0.05, 0) is 37.6 Å². The molecule has 8 heteroatoms. The van der Waals surface area contributed by atoms with E-state index in [1.54, 1.807) is 18.7 Å². The van der Waals surface area contributed by atoms with E-state index in [4.69, 9.17) is 4.42 Å². The van der Waals surface area contributed by atoms with Crippen LogP contribution in [0.1, 0.15) is 25.5 Å². The molecule has 3 heterocycles. The van der Waals surface area contributed by atoms with Crippen LogP contribution in [0.4, 0.5) is 0 Å². The van der Waals surface area contributed by atoms with Crippen molar-refractivity contribution in [3.63, 3.8) is 0 Å². The van der Waals surface area contributed by atoms with Crippen molar-refractivity contribution in [3.05, 3.63) is 48.5 Å². The van der Waals surface area contributed by atoms with Gasteiger partial charge in [0, 0.05) is 18.9 Å². The summed E-state index contributed by atoms with van der Waals surface area (Å²) in [6.07, 6.45) is 5.06. The molecule has 3 rings (SSSR count). The highest BCUT2D eigenvalue weighted by Gasteiger charge is 2.17. The first-order valence-corrected chi connectivity index (χ1v) is 8.96. The molecule has 0 aliphatic carbocycles. The maximum absolute atomic E-state index is 12.2. The monoisotopic (exact) mass is 357 g/mol. The zero-order chi connectivity index (χ0) is 17.6. The number of pyridine rings is 1. The largest absolute Gasteiger partial charge is 0.461 e. The molecule has 1 atom stereocenters. The lowest BCUT2D eigenvalue weighted by Crippen LogP contribution is -2.28. The van der Waals surface area contributed by atoms with E-state index < -0.39 is 0 Å². The molecule has 0 aliphatic rings. The number of carbonyl (C=O) groups is 1. The molecule has 7 nitrogen and oxygen atoms in total. The Balaban J connectivity index is 1.61. The predicted molar refractivity (Wildman–Crippen MR) is 94.9 cm³/mol. The van der Waals surface area contributed by atoms with Gasteiger partial charge < -0.3 is 9.73 Å². The van der Waals surface area contributed by atoms with Gasteiger partial charge in [0.2, 0.25) is 5.91 Å². The van der Waals surface area contributed by atoms with Crippen molar-refractivity contribution in [2.24, 2.45) is 0 Å². The summed E-state index contributed by atoms with van der Waals surface area (Å²) in [5.74, 6) is 1.53. The second-order valence-corrected chi connectivity index (χ2v) is 6.33. The summed E-state index contributed by atoms with van der Waals surface area (Å²) in [6.45, 7) is 4.63. The highest BCUT2D eigenvalue weighted by Crippen LogP contribution is 2.24. The maximum atomic E-state index is 12.2. The van der Waals surface area contributed by atoms with Gasteiger partial charge in [-0.1, -0.05) is 17.8 Å². The Morgan fingerprint density at radius 3 is 2.92 bits per heavy atom. The molecule has 25 heavy (non-hydrogen) atoms. The van der Waals surface area contributed by atoms with E-state index in [0.717, 1.165) is 5.56 Å². The lowest BCUT2D eigenvalue weighted by molar-refractivity contribution is -0.119. The normalized spacial score (nSPS) is 12.1. The minimum atomic E-state index is -0.0930. The Morgan fingerprint density at radius 1 is 1.36 bits per heavy atom. The molecule has 130 valence electrons. The van der Waals surface area contributed by atoms with Gasteiger partial charge in [-0.25, -0.2) is 0 Å². The molecule has 0 radical (unpaired) electrons. The third-order valence-corrected chi connectivity index (χ3v) is 4.64. The van der Waals surface area contributed by atoms with Crippen molar-refractivity contribution in [2.75, 3.05) is 5.75 Å².